The Hall–Kier alpha value is -1.48. The molecular formula is C15H21NO2. The quantitative estimate of drug-likeness (QED) is 0.784. The highest BCUT2D eigenvalue weighted by molar-refractivity contribution is 5.26. The lowest BCUT2D eigenvalue weighted by Crippen LogP contribution is -2.25. The Balaban J connectivity index is 1.91. The van der Waals surface area contributed by atoms with Crippen LogP contribution in [0.4, 0.5) is 0 Å². The van der Waals surface area contributed by atoms with Crippen LogP contribution >= 0.6 is 0 Å². The minimum Gasteiger partial charge on any atom is -0.471 e. The van der Waals surface area contributed by atoms with E-state index in [4.69, 9.17) is 9.84 Å². The van der Waals surface area contributed by atoms with E-state index in [1.807, 2.05) is 24.3 Å². The fraction of sp³-hybridized carbons (Fsp3) is 0.467. The molecule has 18 heavy (non-hydrogen) atoms. The van der Waals surface area contributed by atoms with E-state index in [0.29, 0.717) is 0 Å². The van der Waals surface area contributed by atoms with Crippen molar-refractivity contribution in [3.8, 4) is 0 Å². The molecule has 98 valence electrons. The van der Waals surface area contributed by atoms with Gasteiger partial charge in [0.1, 0.15) is 6.10 Å². The van der Waals surface area contributed by atoms with Crippen molar-refractivity contribution in [2.75, 3.05) is 13.2 Å². The number of nitrogens with one attached hydrogen (secondary N) is 1. The molecular weight excluding hydrogens is 226 g/mol. The predicted octanol–water partition coefficient (Wildman–Crippen LogP) is 2.42. The second kappa shape index (κ2) is 6.45. The fourth-order valence-electron chi connectivity index (χ4n) is 2.15. The van der Waals surface area contributed by atoms with Gasteiger partial charge in [-0.1, -0.05) is 37.1 Å². The topological polar surface area (TPSA) is 41.5 Å². The van der Waals surface area contributed by atoms with Gasteiger partial charge in [0, 0.05) is 13.0 Å². The molecule has 0 aromatic heterocycles. The Morgan fingerprint density at radius 2 is 2.33 bits per heavy atom. The molecule has 0 aromatic carbocycles. The summed E-state index contributed by atoms with van der Waals surface area (Å²) in [6.45, 7) is 3.13. The van der Waals surface area contributed by atoms with E-state index in [2.05, 4.69) is 18.3 Å². The van der Waals surface area contributed by atoms with Crippen LogP contribution in [-0.4, -0.2) is 24.4 Å². The molecule has 0 saturated carbocycles. The number of ether oxygens (including phenoxy) is 1. The van der Waals surface area contributed by atoms with Crippen LogP contribution in [0.1, 0.15) is 26.2 Å². The van der Waals surface area contributed by atoms with Gasteiger partial charge in [0.25, 0.3) is 0 Å². The minimum absolute atomic E-state index is 0.0250. The zero-order valence-electron chi connectivity index (χ0n) is 10.9. The third-order valence-electron chi connectivity index (χ3n) is 3.09. The summed E-state index contributed by atoms with van der Waals surface area (Å²) >= 11 is 0. The number of aliphatic hydroxyl groups excluding tert-OH is 1. The highest BCUT2D eigenvalue weighted by atomic mass is 16.5. The first-order chi connectivity index (χ1) is 8.81. The molecule has 0 bridgehead atoms. The van der Waals surface area contributed by atoms with Gasteiger partial charge in [0.05, 0.1) is 6.61 Å². The van der Waals surface area contributed by atoms with Crippen molar-refractivity contribution < 1.29 is 9.84 Å². The fourth-order valence-corrected chi connectivity index (χ4v) is 2.15. The van der Waals surface area contributed by atoms with Gasteiger partial charge in [-0.2, -0.15) is 0 Å². The number of aliphatic hydroxyl groups is 1. The number of hydrogen-bond acceptors (Lipinski definition) is 3. The molecule has 1 heterocycles. The summed E-state index contributed by atoms with van der Waals surface area (Å²) in [4.78, 5) is 0. The molecule has 1 aliphatic heterocycles. The molecule has 2 aliphatic rings. The lowest BCUT2D eigenvalue weighted by atomic mass is 10.1. The summed E-state index contributed by atoms with van der Waals surface area (Å²) in [5, 5.41) is 12.4. The van der Waals surface area contributed by atoms with E-state index in [9.17, 15) is 0 Å². The van der Waals surface area contributed by atoms with Gasteiger partial charge >= 0.3 is 0 Å². The normalized spacial score (nSPS) is 22.8. The van der Waals surface area contributed by atoms with Gasteiger partial charge < -0.3 is 15.2 Å². The molecule has 3 nitrogen and oxygen atoms in total. The van der Waals surface area contributed by atoms with E-state index in [-0.39, 0.29) is 12.7 Å². The molecule has 2 rings (SSSR count). The maximum absolute atomic E-state index is 9.09. The first-order valence-corrected chi connectivity index (χ1v) is 6.60. The van der Waals surface area contributed by atoms with E-state index in [1.165, 1.54) is 12.0 Å². The molecule has 0 aromatic rings. The van der Waals surface area contributed by atoms with Gasteiger partial charge in [0.2, 0.25) is 0 Å². The molecule has 0 amide bonds. The summed E-state index contributed by atoms with van der Waals surface area (Å²) in [5.41, 5.74) is 2.34. The smallest absolute Gasteiger partial charge is 0.187 e. The molecule has 0 radical (unpaired) electrons. The molecule has 0 spiro atoms. The van der Waals surface area contributed by atoms with Crippen LogP contribution < -0.4 is 5.32 Å². The van der Waals surface area contributed by atoms with Gasteiger partial charge in [-0.15, -0.1) is 0 Å². The van der Waals surface area contributed by atoms with Crippen LogP contribution in [0.25, 0.3) is 0 Å². The first kappa shape index (κ1) is 13.0. The van der Waals surface area contributed by atoms with Gasteiger partial charge in [-0.25, -0.2) is 0 Å². The van der Waals surface area contributed by atoms with Crippen molar-refractivity contribution in [3.05, 3.63) is 47.4 Å². The van der Waals surface area contributed by atoms with Crippen LogP contribution in [0, 0.1) is 0 Å². The largest absolute Gasteiger partial charge is 0.471 e. The molecule has 0 fully saturated rings. The van der Waals surface area contributed by atoms with Crippen LogP contribution in [0.2, 0.25) is 0 Å². The Labute approximate surface area is 109 Å². The van der Waals surface area contributed by atoms with Crippen LogP contribution in [0.5, 0.6) is 0 Å². The zero-order valence-corrected chi connectivity index (χ0v) is 10.9. The molecule has 2 N–H and O–H groups in total. The summed E-state index contributed by atoms with van der Waals surface area (Å²) in [6.07, 6.45) is 13.3. The van der Waals surface area contributed by atoms with Gasteiger partial charge in [0.15, 0.2) is 5.88 Å². The standard InChI is InChI=1S/C15H21NO2/c1-2-4-12-7-8-15(16-10-12)18-14-6-3-5-13(9-14)11-17/h3,5,7-9,14,16-17H,2,4,6,10-11H2,1H3. The lowest BCUT2D eigenvalue weighted by molar-refractivity contribution is 0.137. The Morgan fingerprint density at radius 1 is 1.44 bits per heavy atom. The van der Waals surface area contributed by atoms with Crippen molar-refractivity contribution in [2.45, 2.75) is 32.3 Å². The molecule has 1 unspecified atom stereocenters. The third kappa shape index (κ3) is 3.50. The first-order valence-electron chi connectivity index (χ1n) is 6.60. The SMILES string of the molecule is CCCC1=CC=C(OC2C=C(CO)C=CC2)NC1. The highest BCUT2D eigenvalue weighted by Gasteiger charge is 2.13. The monoisotopic (exact) mass is 247 g/mol. The third-order valence-corrected chi connectivity index (χ3v) is 3.09. The van der Waals surface area contributed by atoms with Crippen LogP contribution in [-0.2, 0) is 4.74 Å². The van der Waals surface area contributed by atoms with E-state index < -0.39 is 0 Å². The minimum atomic E-state index is 0.0250. The van der Waals surface area contributed by atoms with E-state index >= 15 is 0 Å². The van der Waals surface area contributed by atoms with E-state index in [1.54, 1.807) is 0 Å². The zero-order chi connectivity index (χ0) is 12.8. The second-order valence-corrected chi connectivity index (χ2v) is 4.65. The molecule has 3 heteroatoms. The average Bonchev–Trinajstić information content (AvgIpc) is 2.42. The van der Waals surface area contributed by atoms with Crippen molar-refractivity contribution >= 4 is 0 Å². The summed E-state index contributed by atoms with van der Waals surface area (Å²) in [5.74, 6) is 0.823. The van der Waals surface area contributed by atoms with Gasteiger partial charge in [-0.05, 0) is 24.1 Å². The number of rotatable bonds is 5. The van der Waals surface area contributed by atoms with Crippen molar-refractivity contribution in [1.29, 1.82) is 0 Å². The lowest BCUT2D eigenvalue weighted by Gasteiger charge is -2.23. The van der Waals surface area contributed by atoms with Crippen LogP contribution in [0.15, 0.2) is 47.4 Å². The van der Waals surface area contributed by atoms with Crippen LogP contribution in [0.3, 0.4) is 0 Å². The maximum atomic E-state index is 9.09. The maximum Gasteiger partial charge on any atom is 0.187 e. The summed E-state index contributed by atoms with van der Waals surface area (Å²) < 4.78 is 5.86. The Morgan fingerprint density at radius 3 is 3.00 bits per heavy atom. The molecule has 0 saturated heterocycles. The summed E-state index contributed by atoms with van der Waals surface area (Å²) in [6, 6.07) is 0. The summed E-state index contributed by atoms with van der Waals surface area (Å²) in [7, 11) is 0. The Kier molecular flexibility index (Phi) is 4.65. The van der Waals surface area contributed by atoms with Gasteiger partial charge in [-0.3, -0.25) is 0 Å². The average molecular weight is 247 g/mol. The number of dihydropyridines is 1. The number of allylic oxidation sites excluding steroid dienone is 2. The number of hydrogen-bond donors (Lipinski definition) is 2. The highest BCUT2D eigenvalue weighted by Crippen LogP contribution is 2.17. The second-order valence-electron chi connectivity index (χ2n) is 4.65. The van der Waals surface area contributed by atoms with E-state index in [0.717, 1.165) is 30.8 Å². The van der Waals surface area contributed by atoms with Crippen molar-refractivity contribution in [2.24, 2.45) is 0 Å². The van der Waals surface area contributed by atoms with Crippen molar-refractivity contribution in [3.63, 3.8) is 0 Å². The van der Waals surface area contributed by atoms with Crippen molar-refractivity contribution in [1.82, 2.24) is 5.32 Å². The molecule has 1 atom stereocenters. The Bertz CT molecular complexity index is 405. The predicted molar refractivity (Wildman–Crippen MR) is 72.9 cm³/mol. The molecule has 1 aliphatic carbocycles.